The van der Waals surface area contributed by atoms with Crippen molar-refractivity contribution in [2.45, 2.75) is 38.6 Å². The zero-order valence-corrected chi connectivity index (χ0v) is 13.0. The summed E-state index contributed by atoms with van der Waals surface area (Å²) in [5.74, 6) is 0.281. The second-order valence-electron chi connectivity index (χ2n) is 6.02. The van der Waals surface area contributed by atoms with E-state index in [1.807, 2.05) is 23.1 Å². The van der Waals surface area contributed by atoms with Crippen molar-refractivity contribution in [1.82, 2.24) is 4.90 Å². The summed E-state index contributed by atoms with van der Waals surface area (Å²) >= 11 is 0. The van der Waals surface area contributed by atoms with Crippen LogP contribution >= 0.6 is 0 Å². The zero-order chi connectivity index (χ0) is 15.9. The summed E-state index contributed by atoms with van der Waals surface area (Å²) in [6.45, 7) is 1.99. The summed E-state index contributed by atoms with van der Waals surface area (Å²) in [5.41, 5.74) is 13.1. The van der Waals surface area contributed by atoms with Crippen LogP contribution in [0.1, 0.15) is 36.8 Å². The van der Waals surface area contributed by atoms with Gasteiger partial charge in [-0.25, -0.2) is 0 Å². The van der Waals surface area contributed by atoms with Gasteiger partial charge in [-0.05, 0) is 36.3 Å². The number of benzene rings is 1. The first kappa shape index (κ1) is 16.5. The van der Waals surface area contributed by atoms with Crippen LogP contribution in [-0.4, -0.2) is 29.8 Å². The SMILES string of the molecule is NCc1cccc(CCC(=O)N2CCC(CC(N)=O)CC2)c1. The molecule has 0 spiro atoms. The third kappa shape index (κ3) is 4.84. The standard InChI is InChI=1S/C17H25N3O2/c18-12-15-3-1-2-13(10-15)4-5-17(22)20-8-6-14(7-9-20)11-16(19)21/h1-3,10,14H,4-9,11-12,18H2,(H2,19,21). The van der Waals surface area contributed by atoms with Crippen molar-refractivity contribution >= 4 is 11.8 Å². The molecule has 0 aliphatic carbocycles. The fourth-order valence-electron chi connectivity index (χ4n) is 2.99. The molecule has 1 aromatic rings. The Kier molecular flexibility index (Phi) is 5.95. The minimum atomic E-state index is -0.246. The Hall–Kier alpha value is -1.88. The lowest BCUT2D eigenvalue weighted by Gasteiger charge is -2.31. The summed E-state index contributed by atoms with van der Waals surface area (Å²) < 4.78 is 0. The lowest BCUT2D eigenvalue weighted by molar-refractivity contribution is -0.132. The summed E-state index contributed by atoms with van der Waals surface area (Å²) in [5, 5.41) is 0. The van der Waals surface area contributed by atoms with E-state index in [4.69, 9.17) is 11.5 Å². The lowest BCUT2D eigenvalue weighted by Crippen LogP contribution is -2.39. The van der Waals surface area contributed by atoms with Crippen LogP contribution in [0.25, 0.3) is 0 Å². The monoisotopic (exact) mass is 303 g/mol. The number of rotatable bonds is 6. The van der Waals surface area contributed by atoms with Gasteiger partial charge in [-0.1, -0.05) is 24.3 Å². The molecular weight excluding hydrogens is 278 g/mol. The van der Waals surface area contributed by atoms with E-state index in [1.165, 1.54) is 0 Å². The summed E-state index contributed by atoms with van der Waals surface area (Å²) in [6.07, 6.45) is 3.45. The molecule has 1 saturated heterocycles. The Morgan fingerprint density at radius 2 is 1.86 bits per heavy atom. The van der Waals surface area contributed by atoms with E-state index in [2.05, 4.69) is 6.07 Å². The van der Waals surface area contributed by atoms with Gasteiger partial charge in [0.1, 0.15) is 0 Å². The maximum atomic E-state index is 12.3. The summed E-state index contributed by atoms with van der Waals surface area (Å²) in [4.78, 5) is 25.1. The molecule has 5 heteroatoms. The Balaban J connectivity index is 1.77. The van der Waals surface area contributed by atoms with Crippen molar-refractivity contribution in [3.05, 3.63) is 35.4 Å². The Morgan fingerprint density at radius 3 is 2.50 bits per heavy atom. The van der Waals surface area contributed by atoms with Crippen molar-refractivity contribution in [2.24, 2.45) is 17.4 Å². The Morgan fingerprint density at radius 1 is 1.18 bits per heavy atom. The summed E-state index contributed by atoms with van der Waals surface area (Å²) in [6, 6.07) is 8.07. The highest BCUT2D eigenvalue weighted by Crippen LogP contribution is 2.21. The van der Waals surface area contributed by atoms with Crippen LogP contribution in [0, 0.1) is 5.92 Å². The molecule has 1 heterocycles. The van der Waals surface area contributed by atoms with Crippen LogP contribution in [0.15, 0.2) is 24.3 Å². The Bertz CT molecular complexity index is 522. The van der Waals surface area contributed by atoms with E-state index in [0.29, 0.717) is 25.3 Å². The van der Waals surface area contributed by atoms with Gasteiger partial charge in [0.25, 0.3) is 0 Å². The zero-order valence-electron chi connectivity index (χ0n) is 13.0. The highest BCUT2D eigenvalue weighted by molar-refractivity contribution is 5.77. The smallest absolute Gasteiger partial charge is 0.222 e. The largest absolute Gasteiger partial charge is 0.370 e. The van der Waals surface area contributed by atoms with Crippen LogP contribution in [0.4, 0.5) is 0 Å². The predicted octanol–water partition coefficient (Wildman–Crippen LogP) is 1.19. The van der Waals surface area contributed by atoms with Gasteiger partial charge in [0, 0.05) is 32.5 Å². The van der Waals surface area contributed by atoms with Crippen LogP contribution < -0.4 is 11.5 Å². The maximum absolute atomic E-state index is 12.3. The molecule has 0 radical (unpaired) electrons. The number of piperidine rings is 1. The number of carbonyl (C=O) groups is 2. The van der Waals surface area contributed by atoms with Crippen molar-refractivity contribution in [2.75, 3.05) is 13.1 Å². The second kappa shape index (κ2) is 7.94. The number of nitrogens with two attached hydrogens (primary N) is 2. The molecule has 0 unspecified atom stereocenters. The predicted molar refractivity (Wildman–Crippen MR) is 85.8 cm³/mol. The first-order valence-electron chi connectivity index (χ1n) is 7.92. The molecular formula is C17H25N3O2. The van der Waals surface area contributed by atoms with Gasteiger partial charge < -0.3 is 16.4 Å². The number of hydrogen-bond donors (Lipinski definition) is 2. The minimum Gasteiger partial charge on any atom is -0.370 e. The molecule has 0 saturated carbocycles. The number of likely N-dealkylation sites (tertiary alicyclic amines) is 1. The van der Waals surface area contributed by atoms with Crippen molar-refractivity contribution in [3.8, 4) is 0 Å². The topological polar surface area (TPSA) is 89.4 Å². The molecule has 1 fully saturated rings. The van der Waals surface area contributed by atoms with Crippen LogP contribution in [0.2, 0.25) is 0 Å². The molecule has 1 aliphatic heterocycles. The third-order valence-electron chi connectivity index (χ3n) is 4.31. The molecule has 1 aliphatic rings. The van der Waals surface area contributed by atoms with Gasteiger partial charge in [0.15, 0.2) is 0 Å². The van der Waals surface area contributed by atoms with Crippen molar-refractivity contribution < 1.29 is 9.59 Å². The fraction of sp³-hybridized carbons (Fsp3) is 0.529. The number of amides is 2. The molecule has 1 aromatic carbocycles. The highest BCUT2D eigenvalue weighted by Gasteiger charge is 2.23. The van der Waals surface area contributed by atoms with Gasteiger partial charge in [-0.3, -0.25) is 9.59 Å². The number of hydrogen-bond acceptors (Lipinski definition) is 3. The minimum absolute atomic E-state index is 0.190. The summed E-state index contributed by atoms with van der Waals surface area (Å²) in [7, 11) is 0. The lowest BCUT2D eigenvalue weighted by atomic mass is 9.93. The molecule has 120 valence electrons. The van der Waals surface area contributed by atoms with E-state index >= 15 is 0 Å². The third-order valence-corrected chi connectivity index (χ3v) is 4.31. The number of aryl methyl sites for hydroxylation is 1. The number of nitrogens with zero attached hydrogens (tertiary/aromatic N) is 1. The number of carbonyl (C=O) groups excluding carboxylic acids is 2. The van der Waals surface area contributed by atoms with Gasteiger partial charge in [0.2, 0.25) is 11.8 Å². The maximum Gasteiger partial charge on any atom is 0.222 e. The first-order chi connectivity index (χ1) is 10.6. The van der Waals surface area contributed by atoms with Gasteiger partial charge in [-0.2, -0.15) is 0 Å². The van der Waals surface area contributed by atoms with E-state index < -0.39 is 0 Å². The average molecular weight is 303 g/mol. The molecule has 22 heavy (non-hydrogen) atoms. The van der Waals surface area contributed by atoms with Gasteiger partial charge >= 0.3 is 0 Å². The van der Waals surface area contributed by atoms with Crippen molar-refractivity contribution in [1.29, 1.82) is 0 Å². The molecule has 4 N–H and O–H groups in total. The van der Waals surface area contributed by atoms with E-state index in [-0.39, 0.29) is 11.8 Å². The fourth-order valence-corrected chi connectivity index (χ4v) is 2.99. The number of primary amides is 1. The van der Waals surface area contributed by atoms with E-state index in [0.717, 1.165) is 43.5 Å². The first-order valence-corrected chi connectivity index (χ1v) is 7.92. The Labute approximate surface area is 131 Å². The molecule has 2 amide bonds. The molecule has 0 aromatic heterocycles. The van der Waals surface area contributed by atoms with Gasteiger partial charge in [0.05, 0.1) is 0 Å². The van der Waals surface area contributed by atoms with Crippen LogP contribution in [0.3, 0.4) is 0 Å². The highest BCUT2D eigenvalue weighted by atomic mass is 16.2. The quantitative estimate of drug-likeness (QED) is 0.827. The molecule has 0 bridgehead atoms. The van der Waals surface area contributed by atoms with Crippen LogP contribution in [-0.2, 0) is 22.6 Å². The molecule has 2 rings (SSSR count). The van der Waals surface area contributed by atoms with Crippen molar-refractivity contribution in [3.63, 3.8) is 0 Å². The normalized spacial score (nSPS) is 15.8. The molecule has 0 atom stereocenters. The average Bonchev–Trinajstić information content (AvgIpc) is 2.53. The van der Waals surface area contributed by atoms with Crippen LogP contribution in [0.5, 0.6) is 0 Å². The second-order valence-corrected chi connectivity index (χ2v) is 6.02. The van der Waals surface area contributed by atoms with E-state index in [1.54, 1.807) is 0 Å². The van der Waals surface area contributed by atoms with Gasteiger partial charge in [-0.15, -0.1) is 0 Å². The van der Waals surface area contributed by atoms with E-state index in [9.17, 15) is 9.59 Å². The molecule has 5 nitrogen and oxygen atoms in total.